The normalized spacial score (nSPS) is 24.8. The molecule has 14 heteroatoms. The second-order valence-corrected chi connectivity index (χ2v) is 9.17. The van der Waals surface area contributed by atoms with Crippen molar-refractivity contribution in [2.24, 2.45) is 17.8 Å². The summed E-state index contributed by atoms with van der Waals surface area (Å²) in [6.45, 7) is 2.76. The molecule has 0 aliphatic carbocycles. The van der Waals surface area contributed by atoms with Gasteiger partial charge in [0.15, 0.2) is 23.0 Å². The lowest BCUT2D eigenvalue weighted by atomic mass is 9.87. The van der Waals surface area contributed by atoms with Crippen molar-refractivity contribution < 1.29 is 28.6 Å². The lowest BCUT2D eigenvalue weighted by molar-refractivity contribution is -0.145. The summed E-state index contributed by atoms with van der Waals surface area (Å²) in [7, 11) is 0. The summed E-state index contributed by atoms with van der Waals surface area (Å²) in [6, 6.07) is 0. The number of halogens is 2. The van der Waals surface area contributed by atoms with Crippen molar-refractivity contribution in [2.75, 3.05) is 36.0 Å². The van der Waals surface area contributed by atoms with Gasteiger partial charge in [0.2, 0.25) is 11.8 Å². The van der Waals surface area contributed by atoms with Crippen molar-refractivity contribution in [3.8, 4) is 11.5 Å². The predicted octanol–water partition coefficient (Wildman–Crippen LogP) is 1.52. The Kier molecular flexibility index (Phi) is 6.10. The number of hydrogen-bond acceptors (Lipinski definition) is 9. The highest BCUT2D eigenvalue weighted by Crippen LogP contribution is 2.30. The molecule has 3 aromatic rings. The highest BCUT2D eigenvalue weighted by molar-refractivity contribution is 5.73. The van der Waals surface area contributed by atoms with Crippen molar-refractivity contribution in [3.63, 3.8) is 0 Å². The van der Waals surface area contributed by atoms with Crippen molar-refractivity contribution in [1.29, 1.82) is 0 Å². The SMILES string of the molecule is CC1CN(c2ncc(F)c(-c3nc4c(N5CCC(C(=O)O)[C@H](F)C5)nccn4n3)n2)CCC1C(=O)O. The number of carbonyl (C=O) groups is 2. The van der Waals surface area contributed by atoms with Crippen LogP contribution in [-0.4, -0.2) is 84.1 Å². The number of piperidine rings is 2. The largest absolute Gasteiger partial charge is 0.481 e. The number of hydrogen-bond donors (Lipinski definition) is 2. The van der Waals surface area contributed by atoms with Gasteiger partial charge < -0.3 is 20.0 Å². The monoisotopic (exact) mass is 502 g/mol. The van der Waals surface area contributed by atoms with Crippen LogP contribution in [0, 0.1) is 23.6 Å². The Morgan fingerprint density at radius 1 is 1.03 bits per heavy atom. The topological polar surface area (TPSA) is 150 Å². The number of anilines is 2. The summed E-state index contributed by atoms with van der Waals surface area (Å²) in [4.78, 5) is 43.2. The highest BCUT2D eigenvalue weighted by Gasteiger charge is 2.36. The fourth-order valence-corrected chi connectivity index (χ4v) is 4.86. The molecular weight excluding hydrogens is 478 g/mol. The van der Waals surface area contributed by atoms with Gasteiger partial charge in [0.05, 0.1) is 24.6 Å². The number of alkyl halides is 1. The Balaban J connectivity index is 1.44. The zero-order chi connectivity index (χ0) is 25.6. The smallest absolute Gasteiger partial charge is 0.309 e. The van der Waals surface area contributed by atoms with Crippen molar-refractivity contribution in [2.45, 2.75) is 25.9 Å². The molecule has 12 nitrogen and oxygen atoms in total. The van der Waals surface area contributed by atoms with Gasteiger partial charge in [-0.1, -0.05) is 6.92 Å². The summed E-state index contributed by atoms with van der Waals surface area (Å²) in [5.74, 6) is -3.89. The second-order valence-electron chi connectivity index (χ2n) is 9.17. The van der Waals surface area contributed by atoms with Gasteiger partial charge in [-0.05, 0) is 18.8 Å². The van der Waals surface area contributed by atoms with E-state index < -0.39 is 35.8 Å². The lowest BCUT2D eigenvalue weighted by Gasteiger charge is -2.34. The van der Waals surface area contributed by atoms with Gasteiger partial charge >= 0.3 is 11.9 Å². The van der Waals surface area contributed by atoms with E-state index in [0.717, 1.165) is 6.20 Å². The number of rotatable bonds is 5. The van der Waals surface area contributed by atoms with E-state index in [4.69, 9.17) is 0 Å². The zero-order valence-electron chi connectivity index (χ0n) is 19.3. The van der Waals surface area contributed by atoms with Crippen LogP contribution >= 0.6 is 0 Å². The van der Waals surface area contributed by atoms with Crippen molar-refractivity contribution in [3.05, 3.63) is 24.4 Å². The summed E-state index contributed by atoms with van der Waals surface area (Å²) in [6.07, 6.45) is 2.96. The van der Waals surface area contributed by atoms with Crippen LogP contribution in [0.25, 0.3) is 17.2 Å². The minimum Gasteiger partial charge on any atom is -0.481 e. The molecule has 2 aliphatic heterocycles. The van der Waals surface area contributed by atoms with E-state index in [0.29, 0.717) is 25.3 Å². The van der Waals surface area contributed by atoms with E-state index in [1.54, 1.807) is 4.90 Å². The summed E-state index contributed by atoms with van der Waals surface area (Å²) in [5.41, 5.74) is 0.125. The first-order valence-electron chi connectivity index (χ1n) is 11.6. The fraction of sp³-hybridized carbons (Fsp3) is 0.500. The van der Waals surface area contributed by atoms with Gasteiger partial charge in [0.25, 0.3) is 0 Å². The Morgan fingerprint density at radius 2 is 1.75 bits per heavy atom. The first-order valence-corrected chi connectivity index (χ1v) is 11.6. The Morgan fingerprint density at radius 3 is 2.44 bits per heavy atom. The first-order chi connectivity index (χ1) is 17.2. The van der Waals surface area contributed by atoms with E-state index in [1.165, 1.54) is 16.9 Å². The van der Waals surface area contributed by atoms with E-state index in [1.807, 2.05) is 11.8 Å². The Bertz CT molecular complexity index is 1320. The third kappa shape index (κ3) is 4.27. The third-order valence-electron chi connectivity index (χ3n) is 6.84. The Labute approximate surface area is 203 Å². The average Bonchev–Trinajstić information content (AvgIpc) is 3.28. The molecule has 5 heterocycles. The maximum Gasteiger partial charge on any atom is 0.309 e. The lowest BCUT2D eigenvalue weighted by Crippen LogP contribution is -2.45. The van der Waals surface area contributed by atoms with Crippen molar-refractivity contribution in [1.82, 2.24) is 29.5 Å². The van der Waals surface area contributed by atoms with Crippen LogP contribution in [0.15, 0.2) is 18.6 Å². The maximum atomic E-state index is 14.8. The standard InChI is InChI=1S/C22H24F2N8O4/c1-11-9-31(6-2-12(11)20(33)34)22-26-8-14(23)16(27-22)17-28-19-18(25-4-7-32(19)29-17)30-5-3-13(21(35)36)15(24)10-30/h4,7-8,11-13,15H,2-3,5-6,9-10H2,1H3,(H,33,34)(H,35,36)/t11?,12?,13?,15-/m1/s1. The molecule has 2 fully saturated rings. The number of carboxylic acids is 2. The van der Waals surface area contributed by atoms with E-state index in [2.05, 4.69) is 25.0 Å². The van der Waals surface area contributed by atoms with E-state index in [9.17, 15) is 28.6 Å². The number of carboxylic acid groups (broad SMARTS) is 2. The predicted molar refractivity (Wildman–Crippen MR) is 122 cm³/mol. The quantitative estimate of drug-likeness (QED) is 0.523. The highest BCUT2D eigenvalue weighted by atomic mass is 19.1. The molecule has 0 radical (unpaired) electrons. The van der Waals surface area contributed by atoms with E-state index in [-0.39, 0.29) is 48.5 Å². The molecule has 0 saturated carbocycles. The van der Waals surface area contributed by atoms with Crippen LogP contribution in [-0.2, 0) is 9.59 Å². The molecule has 0 aromatic carbocycles. The molecule has 36 heavy (non-hydrogen) atoms. The Hall–Kier alpha value is -3.97. The van der Waals surface area contributed by atoms with Gasteiger partial charge in [0.1, 0.15) is 6.17 Å². The average molecular weight is 502 g/mol. The minimum atomic E-state index is -1.57. The molecule has 5 rings (SSSR count). The summed E-state index contributed by atoms with van der Waals surface area (Å²) < 4.78 is 30.6. The number of fused-ring (bicyclic) bond motifs is 1. The van der Waals surface area contributed by atoms with Gasteiger partial charge in [0, 0.05) is 32.0 Å². The number of nitrogens with zero attached hydrogens (tertiary/aromatic N) is 8. The van der Waals surface area contributed by atoms with Crippen LogP contribution in [0.4, 0.5) is 20.5 Å². The van der Waals surface area contributed by atoms with Crippen LogP contribution in [0.3, 0.4) is 0 Å². The van der Waals surface area contributed by atoms with Gasteiger partial charge in [-0.2, -0.15) is 0 Å². The molecule has 3 aromatic heterocycles. The molecule has 0 amide bonds. The molecule has 0 bridgehead atoms. The van der Waals surface area contributed by atoms with Crippen LogP contribution < -0.4 is 9.80 Å². The number of aliphatic carboxylic acids is 2. The van der Waals surface area contributed by atoms with Crippen LogP contribution in [0.2, 0.25) is 0 Å². The van der Waals surface area contributed by atoms with Gasteiger partial charge in [-0.3, -0.25) is 9.59 Å². The maximum absolute atomic E-state index is 14.8. The number of aromatic nitrogens is 6. The minimum absolute atomic E-state index is 0.0175. The molecule has 2 N–H and O–H groups in total. The zero-order valence-corrected chi connectivity index (χ0v) is 19.3. The molecule has 190 valence electrons. The molecule has 0 spiro atoms. The van der Waals surface area contributed by atoms with Crippen LogP contribution in [0.1, 0.15) is 19.8 Å². The third-order valence-corrected chi connectivity index (χ3v) is 6.84. The molecule has 2 saturated heterocycles. The molecule has 4 atom stereocenters. The molecular formula is C22H24F2N8O4. The molecule has 3 unspecified atom stereocenters. The first kappa shape index (κ1) is 23.8. The van der Waals surface area contributed by atoms with Crippen molar-refractivity contribution >= 4 is 29.4 Å². The van der Waals surface area contributed by atoms with Gasteiger partial charge in [-0.25, -0.2) is 33.2 Å². The van der Waals surface area contributed by atoms with Crippen LogP contribution in [0.5, 0.6) is 0 Å². The second kappa shape index (κ2) is 9.24. The fourth-order valence-electron chi connectivity index (χ4n) is 4.86. The molecule has 2 aliphatic rings. The van der Waals surface area contributed by atoms with E-state index >= 15 is 0 Å². The summed E-state index contributed by atoms with van der Waals surface area (Å²) >= 11 is 0. The summed E-state index contributed by atoms with van der Waals surface area (Å²) in [5, 5.41) is 22.9. The van der Waals surface area contributed by atoms with Gasteiger partial charge in [-0.15, -0.1) is 5.10 Å².